The zero-order valence-corrected chi connectivity index (χ0v) is 15.2. The molecule has 1 fully saturated rings. The molecule has 0 saturated carbocycles. The van der Waals surface area contributed by atoms with E-state index in [4.69, 9.17) is 0 Å². The lowest BCUT2D eigenvalue weighted by molar-refractivity contribution is -0.892. The van der Waals surface area contributed by atoms with Crippen molar-refractivity contribution in [3.05, 3.63) is 66.0 Å². The van der Waals surface area contributed by atoms with Crippen molar-refractivity contribution in [1.29, 1.82) is 0 Å². The van der Waals surface area contributed by atoms with Gasteiger partial charge in [0.05, 0.1) is 37.9 Å². The number of benzene rings is 2. The number of carbonyl (C=O) groups is 1. The van der Waals surface area contributed by atoms with E-state index in [1.807, 2.05) is 48.7 Å². The second-order valence-electron chi connectivity index (χ2n) is 7.06. The SMILES string of the molecule is O=C(C[NH+]1CCN(c2ccccc2F)CC1)N1N=CC[C@H]1c1ccccc1. The smallest absolute Gasteiger partial charge is 0.298 e. The summed E-state index contributed by atoms with van der Waals surface area (Å²) in [5.74, 6) is -0.138. The van der Waals surface area contributed by atoms with Crippen LogP contribution in [-0.4, -0.2) is 49.9 Å². The van der Waals surface area contributed by atoms with Crippen LogP contribution in [0.2, 0.25) is 0 Å². The van der Waals surface area contributed by atoms with E-state index in [9.17, 15) is 9.18 Å². The van der Waals surface area contributed by atoms with Gasteiger partial charge in [-0.05, 0) is 17.7 Å². The minimum absolute atomic E-state index is 0.00203. The second kappa shape index (κ2) is 7.88. The summed E-state index contributed by atoms with van der Waals surface area (Å²) in [5, 5.41) is 5.95. The lowest BCUT2D eigenvalue weighted by atomic mass is 10.0. The number of carbonyl (C=O) groups excluding carboxylic acids is 1. The zero-order chi connectivity index (χ0) is 18.6. The molecule has 4 rings (SSSR count). The van der Waals surface area contributed by atoms with Gasteiger partial charge in [-0.1, -0.05) is 42.5 Å². The average molecular weight is 367 g/mol. The summed E-state index contributed by atoms with van der Waals surface area (Å²) in [6.07, 6.45) is 2.58. The molecule has 6 heteroatoms. The number of rotatable bonds is 4. The highest BCUT2D eigenvalue weighted by atomic mass is 19.1. The van der Waals surface area contributed by atoms with Gasteiger partial charge in [0.15, 0.2) is 6.54 Å². The summed E-state index contributed by atoms with van der Waals surface area (Å²) in [6, 6.07) is 16.9. The lowest BCUT2D eigenvalue weighted by Gasteiger charge is -2.34. The molecule has 2 heterocycles. The predicted molar refractivity (Wildman–Crippen MR) is 103 cm³/mol. The maximum Gasteiger partial charge on any atom is 0.298 e. The van der Waals surface area contributed by atoms with Crippen LogP contribution in [-0.2, 0) is 4.79 Å². The Labute approximate surface area is 158 Å². The number of piperazine rings is 1. The van der Waals surface area contributed by atoms with Crippen LogP contribution in [0.15, 0.2) is 59.7 Å². The summed E-state index contributed by atoms with van der Waals surface area (Å²) < 4.78 is 14.0. The van der Waals surface area contributed by atoms with Crippen molar-refractivity contribution in [1.82, 2.24) is 5.01 Å². The minimum Gasteiger partial charge on any atom is -0.358 e. The first-order chi connectivity index (χ1) is 13.2. The standard InChI is InChI=1S/C21H23FN4O/c22-18-8-4-5-9-20(18)25-14-12-24(13-15-25)16-21(27)26-19(10-11-23-26)17-6-2-1-3-7-17/h1-9,11,19H,10,12-16H2/p+1/t19-/m0/s1. The van der Waals surface area contributed by atoms with Gasteiger partial charge >= 0.3 is 0 Å². The molecule has 0 bridgehead atoms. The Balaban J connectivity index is 1.34. The third-order valence-electron chi connectivity index (χ3n) is 5.33. The Morgan fingerprint density at radius 3 is 2.52 bits per heavy atom. The molecule has 0 aliphatic carbocycles. The number of hydrogen-bond donors (Lipinski definition) is 1. The van der Waals surface area contributed by atoms with Crippen LogP contribution >= 0.6 is 0 Å². The first-order valence-electron chi connectivity index (χ1n) is 9.45. The van der Waals surface area contributed by atoms with Gasteiger partial charge < -0.3 is 9.80 Å². The molecule has 2 aliphatic rings. The van der Waals surface area contributed by atoms with E-state index in [0.29, 0.717) is 12.2 Å². The third kappa shape index (κ3) is 3.85. The molecule has 0 aromatic heterocycles. The van der Waals surface area contributed by atoms with Crippen molar-refractivity contribution in [2.45, 2.75) is 12.5 Å². The molecular formula is C21H24FN4O+. The fraction of sp³-hybridized carbons (Fsp3) is 0.333. The number of amides is 1. The monoisotopic (exact) mass is 367 g/mol. The van der Waals surface area contributed by atoms with E-state index >= 15 is 0 Å². The van der Waals surface area contributed by atoms with Crippen LogP contribution in [0.1, 0.15) is 18.0 Å². The van der Waals surface area contributed by atoms with Crippen LogP contribution in [0, 0.1) is 5.82 Å². The average Bonchev–Trinajstić information content (AvgIpc) is 3.20. The van der Waals surface area contributed by atoms with Crippen LogP contribution in [0.3, 0.4) is 0 Å². The molecule has 140 valence electrons. The molecule has 27 heavy (non-hydrogen) atoms. The molecule has 0 radical (unpaired) electrons. The molecule has 5 nitrogen and oxygen atoms in total. The minimum atomic E-state index is -0.186. The molecule has 1 amide bonds. The van der Waals surface area contributed by atoms with E-state index < -0.39 is 0 Å². The van der Waals surface area contributed by atoms with Crippen molar-refractivity contribution < 1.29 is 14.1 Å². The van der Waals surface area contributed by atoms with E-state index in [0.717, 1.165) is 38.2 Å². The summed E-state index contributed by atoms with van der Waals surface area (Å²) in [6.45, 7) is 3.54. The number of anilines is 1. The molecule has 0 unspecified atom stereocenters. The summed E-state index contributed by atoms with van der Waals surface area (Å²) in [4.78, 5) is 16.1. The van der Waals surface area contributed by atoms with Crippen molar-refractivity contribution in [3.63, 3.8) is 0 Å². The molecular weight excluding hydrogens is 343 g/mol. The zero-order valence-electron chi connectivity index (χ0n) is 15.2. The molecule has 1 saturated heterocycles. The number of quaternary nitrogens is 1. The van der Waals surface area contributed by atoms with Gasteiger partial charge in [0, 0.05) is 12.6 Å². The maximum atomic E-state index is 14.0. The van der Waals surface area contributed by atoms with E-state index in [1.54, 1.807) is 11.1 Å². The fourth-order valence-electron chi connectivity index (χ4n) is 3.85. The van der Waals surface area contributed by atoms with Gasteiger partial charge in [0.25, 0.3) is 5.91 Å². The van der Waals surface area contributed by atoms with Crippen molar-refractivity contribution >= 4 is 17.8 Å². The molecule has 1 atom stereocenters. The van der Waals surface area contributed by atoms with Crippen molar-refractivity contribution in [2.75, 3.05) is 37.6 Å². The Morgan fingerprint density at radius 1 is 1.07 bits per heavy atom. The number of nitrogens with zero attached hydrogens (tertiary/aromatic N) is 3. The van der Waals surface area contributed by atoms with Crippen molar-refractivity contribution in [2.24, 2.45) is 5.10 Å². The topological polar surface area (TPSA) is 40.4 Å². The van der Waals surface area contributed by atoms with Gasteiger partial charge in [-0.15, -0.1) is 0 Å². The Kier molecular flexibility index (Phi) is 5.16. The first-order valence-corrected chi connectivity index (χ1v) is 9.45. The Hall–Kier alpha value is -2.73. The van der Waals surface area contributed by atoms with Crippen LogP contribution in [0.5, 0.6) is 0 Å². The van der Waals surface area contributed by atoms with E-state index in [2.05, 4.69) is 10.0 Å². The number of hydrogen-bond acceptors (Lipinski definition) is 3. The number of hydrazone groups is 1. The van der Waals surface area contributed by atoms with Gasteiger partial charge in [0.2, 0.25) is 0 Å². The van der Waals surface area contributed by atoms with Crippen molar-refractivity contribution in [3.8, 4) is 0 Å². The maximum absolute atomic E-state index is 14.0. The molecule has 2 aliphatic heterocycles. The Bertz CT molecular complexity index is 818. The van der Waals surface area contributed by atoms with Crippen LogP contribution in [0.4, 0.5) is 10.1 Å². The molecule has 1 N–H and O–H groups in total. The van der Waals surface area contributed by atoms with Crippen LogP contribution in [0.25, 0.3) is 0 Å². The van der Waals surface area contributed by atoms with Gasteiger partial charge in [0.1, 0.15) is 5.82 Å². The van der Waals surface area contributed by atoms with E-state index in [-0.39, 0.29) is 17.8 Å². The van der Waals surface area contributed by atoms with Crippen LogP contribution < -0.4 is 9.80 Å². The van der Waals surface area contributed by atoms with Gasteiger partial charge in [-0.3, -0.25) is 4.79 Å². The summed E-state index contributed by atoms with van der Waals surface area (Å²) >= 11 is 0. The highest BCUT2D eigenvalue weighted by Crippen LogP contribution is 2.27. The highest BCUT2D eigenvalue weighted by Gasteiger charge is 2.31. The Morgan fingerprint density at radius 2 is 1.78 bits per heavy atom. The fourth-order valence-corrected chi connectivity index (χ4v) is 3.85. The highest BCUT2D eigenvalue weighted by molar-refractivity contribution is 5.80. The molecule has 0 spiro atoms. The van der Waals surface area contributed by atoms with Gasteiger partial charge in [-0.2, -0.15) is 5.10 Å². The molecule has 2 aromatic rings. The number of nitrogens with one attached hydrogen (secondary N) is 1. The third-order valence-corrected chi connectivity index (χ3v) is 5.33. The number of para-hydroxylation sites is 1. The van der Waals surface area contributed by atoms with Gasteiger partial charge in [-0.25, -0.2) is 9.40 Å². The lowest BCUT2D eigenvalue weighted by Crippen LogP contribution is -3.15. The largest absolute Gasteiger partial charge is 0.358 e. The first kappa shape index (κ1) is 17.7. The summed E-state index contributed by atoms with van der Waals surface area (Å²) in [5.41, 5.74) is 1.76. The summed E-state index contributed by atoms with van der Waals surface area (Å²) in [7, 11) is 0. The molecule has 2 aromatic carbocycles. The number of halogens is 1. The quantitative estimate of drug-likeness (QED) is 0.890. The normalized spacial score (nSPS) is 20.3. The second-order valence-corrected chi connectivity index (χ2v) is 7.06. The predicted octanol–water partition coefficient (Wildman–Crippen LogP) is 1.49. The van der Waals surface area contributed by atoms with E-state index in [1.165, 1.54) is 11.0 Å².